The molecule has 1 rings (SSSR count). The third kappa shape index (κ3) is 16.0. The Morgan fingerprint density at radius 1 is 0.911 bits per heavy atom. The fourth-order valence-electron chi connectivity index (χ4n) is 4.80. The first kappa shape index (κ1) is 39.7. The number of ether oxygens (including phenoxy) is 2. The first-order valence-electron chi connectivity index (χ1n) is 16.2. The lowest BCUT2D eigenvalue weighted by Gasteiger charge is -2.33. The van der Waals surface area contributed by atoms with E-state index >= 15 is 0 Å². The zero-order chi connectivity index (χ0) is 34.2. The summed E-state index contributed by atoms with van der Waals surface area (Å²) < 4.78 is 11.2. The Hall–Kier alpha value is -3.34. The van der Waals surface area contributed by atoms with E-state index in [2.05, 4.69) is 28.2 Å². The number of hydrogen-bond donors (Lipinski definition) is 5. The number of aliphatic hydroxyl groups is 1. The molecule has 0 aliphatic heterocycles. The molecule has 0 saturated heterocycles. The summed E-state index contributed by atoms with van der Waals surface area (Å²) in [7, 11) is 0. The van der Waals surface area contributed by atoms with E-state index in [1.54, 1.807) is 45.0 Å². The lowest BCUT2D eigenvalue weighted by Crippen LogP contribution is -2.49. The summed E-state index contributed by atoms with van der Waals surface area (Å²) in [5.74, 6) is -0.712. The van der Waals surface area contributed by atoms with E-state index < -0.39 is 29.8 Å². The number of para-hydroxylation sites is 1. The molecule has 0 spiro atoms. The van der Waals surface area contributed by atoms with Crippen molar-refractivity contribution in [2.75, 3.05) is 26.2 Å². The molecule has 5 N–H and O–H groups in total. The summed E-state index contributed by atoms with van der Waals surface area (Å²) in [6.07, 6.45) is 0.652. The van der Waals surface area contributed by atoms with Crippen LogP contribution in [0.5, 0.6) is 5.75 Å². The number of nitrogens with one attached hydrogen (secondary N) is 4. The van der Waals surface area contributed by atoms with E-state index in [-0.39, 0.29) is 55.0 Å². The molecule has 11 nitrogen and oxygen atoms in total. The van der Waals surface area contributed by atoms with Crippen LogP contribution in [-0.4, -0.2) is 72.9 Å². The van der Waals surface area contributed by atoms with Crippen LogP contribution in [-0.2, 0) is 14.3 Å². The second kappa shape index (κ2) is 19.9. The third-order valence-corrected chi connectivity index (χ3v) is 7.52. The molecule has 4 amide bonds. The van der Waals surface area contributed by atoms with Gasteiger partial charge in [-0.2, -0.15) is 0 Å². The van der Waals surface area contributed by atoms with Crippen LogP contribution >= 0.6 is 0 Å². The molecular weight excluding hydrogens is 576 g/mol. The minimum absolute atomic E-state index is 0.0239. The van der Waals surface area contributed by atoms with Gasteiger partial charge in [-0.1, -0.05) is 53.2 Å². The van der Waals surface area contributed by atoms with Crippen molar-refractivity contribution in [2.24, 2.45) is 23.7 Å². The van der Waals surface area contributed by atoms with Gasteiger partial charge in [0.15, 0.2) is 0 Å². The van der Waals surface area contributed by atoms with Crippen LogP contribution < -0.4 is 26.0 Å². The Balaban J connectivity index is 3.09. The minimum atomic E-state index is -1.03. The van der Waals surface area contributed by atoms with Crippen molar-refractivity contribution in [1.29, 1.82) is 0 Å². The summed E-state index contributed by atoms with van der Waals surface area (Å²) in [6, 6.07) is 6.16. The predicted molar refractivity (Wildman–Crippen MR) is 176 cm³/mol. The highest BCUT2D eigenvalue weighted by Crippen LogP contribution is 2.25. The lowest BCUT2D eigenvalue weighted by molar-refractivity contribution is -0.127. The monoisotopic (exact) mass is 634 g/mol. The SMILES string of the molecule is CCCCNC(=O)[C@@H](C[C@H](O)[C@H](C[C@H](CNC(=O)c1ccccc1OCCNC(C)=O)C(C)C)NC(=O)OC(C)(C)C)C(C)C. The second-order valence-electron chi connectivity index (χ2n) is 13.3. The Labute approximate surface area is 270 Å². The van der Waals surface area contributed by atoms with E-state index in [1.165, 1.54) is 6.92 Å². The number of carbonyl (C=O) groups excluding carboxylic acids is 4. The number of unbranched alkanes of at least 4 members (excludes halogenated alkanes) is 1. The number of carbonyl (C=O) groups is 4. The van der Waals surface area contributed by atoms with E-state index in [0.717, 1.165) is 12.8 Å². The Morgan fingerprint density at radius 2 is 1.58 bits per heavy atom. The van der Waals surface area contributed by atoms with Crippen molar-refractivity contribution in [3.8, 4) is 5.75 Å². The molecule has 45 heavy (non-hydrogen) atoms. The van der Waals surface area contributed by atoms with Gasteiger partial charge < -0.3 is 35.8 Å². The summed E-state index contributed by atoms with van der Waals surface area (Å²) >= 11 is 0. The smallest absolute Gasteiger partial charge is 0.407 e. The number of hydrogen-bond acceptors (Lipinski definition) is 7. The average Bonchev–Trinajstić information content (AvgIpc) is 2.94. The van der Waals surface area contributed by atoms with Crippen molar-refractivity contribution in [3.05, 3.63) is 29.8 Å². The van der Waals surface area contributed by atoms with Crippen LogP contribution in [0.4, 0.5) is 4.79 Å². The molecule has 0 unspecified atom stereocenters. The fraction of sp³-hybridized carbons (Fsp3) is 0.706. The third-order valence-electron chi connectivity index (χ3n) is 7.52. The standard InChI is InChI=1S/C34H58N4O7/c1-10-11-16-36-32(42)27(23(4)5)20-29(40)28(38-33(43)45-34(7,8)9)19-25(22(2)3)21-37-31(41)26-14-12-13-15-30(26)44-18-17-35-24(6)39/h12-15,22-23,25,27-29,40H,10-11,16-21H2,1-9H3,(H,35,39)(H,36,42)(H,37,41)(H,38,43)/t25-,27+,28+,29+/m1/s1. The molecule has 0 heterocycles. The number of amides is 4. The van der Waals surface area contributed by atoms with Crippen LogP contribution in [0.15, 0.2) is 24.3 Å². The average molecular weight is 635 g/mol. The van der Waals surface area contributed by atoms with Crippen molar-refractivity contribution in [2.45, 2.75) is 106 Å². The van der Waals surface area contributed by atoms with Crippen molar-refractivity contribution < 1.29 is 33.8 Å². The largest absolute Gasteiger partial charge is 0.491 e. The maximum Gasteiger partial charge on any atom is 0.407 e. The van der Waals surface area contributed by atoms with Gasteiger partial charge >= 0.3 is 6.09 Å². The highest BCUT2D eigenvalue weighted by molar-refractivity contribution is 5.96. The van der Waals surface area contributed by atoms with Gasteiger partial charge in [0.1, 0.15) is 18.0 Å². The molecule has 4 atom stereocenters. The number of alkyl carbamates (subject to hydrolysis) is 1. The van der Waals surface area contributed by atoms with Gasteiger partial charge in [0.2, 0.25) is 11.8 Å². The highest BCUT2D eigenvalue weighted by Gasteiger charge is 2.33. The number of rotatable bonds is 19. The minimum Gasteiger partial charge on any atom is -0.491 e. The molecule has 0 bridgehead atoms. The number of aliphatic hydroxyl groups excluding tert-OH is 1. The number of benzene rings is 1. The molecule has 1 aromatic rings. The maximum atomic E-state index is 13.2. The first-order valence-corrected chi connectivity index (χ1v) is 16.2. The summed E-state index contributed by atoms with van der Waals surface area (Å²) in [5.41, 5.74) is -0.373. The molecule has 0 aliphatic rings. The van der Waals surface area contributed by atoms with E-state index in [9.17, 15) is 24.3 Å². The summed E-state index contributed by atoms with van der Waals surface area (Å²) in [5, 5.41) is 23.0. The molecule has 0 radical (unpaired) electrons. The van der Waals surface area contributed by atoms with Crippen LogP contribution in [0.3, 0.4) is 0 Å². The van der Waals surface area contributed by atoms with Crippen molar-refractivity contribution in [1.82, 2.24) is 21.3 Å². The van der Waals surface area contributed by atoms with Gasteiger partial charge in [-0.3, -0.25) is 14.4 Å². The Bertz CT molecular complexity index is 1070. The van der Waals surface area contributed by atoms with E-state index in [0.29, 0.717) is 30.8 Å². The summed E-state index contributed by atoms with van der Waals surface area (Å²) in [4.78, 5) is 50.2. The zero-order valence-electron chi connectivity index (χ0n) is 28.8. The topological polar surface area (TPSA) is 155 Å². The fourth-order valence-corrected chi connectivity index (χ4v) is 4.80. The molecule has 0 fully saturated rings. The molecule has 1 aromatic carbocycles. The Kier molecular flexibility index (Phi) is 17.6. The second-order valence-corrected chi connectivity index (χ2v) is 13.3. The first-order chi connectivity index (χ1) is 21.0. The highest BCUT2D eigenvalue weighted by atomic mass is 16.6. The van der Waals surface area contributed by atoms with Gasteiger partial charge in [0.05, 0.1) is 24.3 Å². The van der Waals surface area contributed by atoms with Crippen LogP contribution in [0.2, 0.25) is 0 Å². The molecule has 0 saturated carbocycles. The molecule has 11 heteroatoms. The molecular formula is C34H58N4O7. The Morgan fingerprint density at radius 3 is 2.16 bits per heavy atom. The molecule has 256 valence electrons. The van der Waals surface area contributed by atoms with Crippen molar-refractivity contribution in [3.63, 3.8) is 0 Å². The maximum absolute atomic E-state index is 13.2. The van der Waals surface area contributed by atoms with Crippen LogP contribution in [0, 0.1) is 23.7 Å². The molecule has 0 aromatic heterocycles. The van der Waals surface area contributed by atoms with Gasteiger partial charge in [-0.25, -0.2) is 4.79 Å². The van der Waals surface area contributed by atoms with E-state index in [4.69, 9.17) is 9.47 Å². The van der Waals surface area contributed by atoms with Crippen molar-refractivity contribution >= 4 is 23.8 Å². The van der Waals surface area contributed by atoms with Gasteiger partial charge in [0.25, 0.3) is 5.91 Å². The molecule has 0 aliphatic carbocycles. The quantitative estimate of drug-likeness (QED) is 0.141. The summed E-state index contributed by atoms with van der Waals surface area (Å²) in [6.45, 7) is 18.1. The van der Waals surface area contributed by atoms with Gasteiger partial charge in [0, 0.05) is 25.9 Å². The normalized spacial score (nSPS) is 14.2. The zero-order valence-corrected chi connectivity index (χ0v) is 28.8. The lowest BCUT2D eigenvalue weighted by atomic mass is 9.82. The van der Waals surface area contributed by atoms with Crippen LogP contribution in [0.25, 0.3) is 0 Å². The predicted octanol–water partition coefficient (Wildman–Crippen LogP) is 4.43. The van der Waals surface area contributed by atoms with Gasteiger partial charge in [-0.15, -0.1) is 0 Å². The van der Waals surface area contributed by atoms with Gasteiger partial charge in [-0.05, 0) is 69.9 Å². The van der Waals surface area contributed by atoms with Crippen LogP contribution in [0.1, 0.15) is 98.4 Å². The van der Waals surface area contributed by atoms with E-state index in [1.807, 2.05) is 27.7 Å².